The highest BCUT2D eigenvalue weighted by molar-refractivity contribution is 5.95. The molecule has 0 saturated carbocycles. The van der Waals surface area contributed by atoms with Gasteiger partial charge in [-0.1, -0.05) is 32.4 Å². The molecule has 0 spiro atoms. The number of rotatable bonds is 4. The van der Waals surface area contributed by atoms with Gasteiger partial charge in [0.05, 0.1) is 0 Å². The van der Waals surface area contributed by atoms with E-state index in [2.05, 4.69) is 26.0 Å². The number of hydrogen-bond acceptors (Lipinski definition) is 2. The van der Waals surface area contributed by atoms with E-state index in [1.165, 1.54) is 11.1 Å². The quantitative estimate of drug-likeness (QED) is 0.904. The smallest absolute Gasteiger partial charge is 0.227 e. The molecule has 0 saturated heterocycles. The molecule has 1 aromatic carbocycles. The van der Waals surface area contributed by atoms with Gasteiger partial charge in [0.25, 0.3) is 0 Å². The highest BCUT2D eigenvalue weighted by Crippen LogP contribution is 2.31. The first-order chi connectivity index (χ1) is 9.04. The molecule has 0 aromatic heterocycles. The van der Waals surface area contributed by atoms with Gasteiger partial charge in [-0.05, 0) is 36.0 Å². The van der Waals surface area contributed by atoms with E-state index in [9.17, 15) is 4.79 Å². The predicted molar refractivity (Wildman–Crippen MR) is 79.2 cm³/mol. The second kappa shape index (κ2) is 5.74. The first-order valence-corrected chi connectivity index (χ1v) is 7.19. The predicted octanol–water partition coefficient (Wildman–Crippen LogP) is 3.03. The largest absolute Gasteiger partial charge is 0.324 e. The van der Waals surface area contributed by atoms with Gasteiger partial charge in [-0.15, -0.1) is 0 Å². The van der Waals surface area contributed by atoms with Gasteiger partial charge in [0, 0.05) is 25.2 Å². The van der Waals surface area contributed by atoms with E-state index in [-0.39, 0.29) is 11.9 Å². The van der Waals surface area contributed by atoms with E-state index in [4.69, 9.17) is 5.73 Å². The van der Waals surface area contributed by atoms with Crippen LogP contribution in [0.4, 0.5) is 5.69 Å². The fraction of sp³-hybridized carbons (Fsp3) is 0.562. The van der Waals surface area contributed by atoms with Crippen LogP contribution >= 0.6 is 0 Å². The van der Waals surface area contributed by atoms with E-state index in [1.807, 2.05) is 13.1 Å². The van der Waals surface area contributed by atoms with Crippen LogP contribution in [-0.4, -0.2) is 13.0 Å². The maximum absolute atomic E-state index is 11.7. The monoisotopic (exact) mass is 260 g/mol. The molecule has 0 fully saturated rings. The second-order valence-corrected chi connectivity index (χ2v) is 5.63. The van der Waals surface area contributed by atoms with Gasteiger partial charge in [-0.3, -0.25) is 4.79 Å². The molecule has 3 heteroatoms. The minimum atomic E-state index is 0.0909. The minimum Gasteiger partial charge on any atom is -0.324 e. The third kappa shape index (κ3) is 2.81. The maximum atomic E-state index is 11.7. The molecule has 0 bridgehead atoms. The van der Waals surface area contributed by atoms with E-state index in [0.717, 1.165) is 24.9 Å². The van der Waals surface area contributed by atoms with Crippen LogP contribution < -0.4 is 10.6 Å². The molecule has 2 unspecified atom stereocenters. The van der Waals surface area contributed by atoms with Crippen LogP contribution in [0.5, 0.6) is 0 Å². The highest BCUT2D eigenvalue weighted by atomic mass is 16.2. The summed E-state index contributed by atoms with van der Waals surface area (Å²) >= 11 is 0. The molecule has 2 atom stereocenters. The molecule has 1 aliphatic heterocycles. The lowest BCUT2D eigenvalue weighted by Crippen LogP contribution is -2.31. The van der Waals surface area contributed by atoms with Crippen LogP contribution in [-0.2, 0) is 11.2 Å². The molecular weight excluding hydrogens is 236 g/mol. The minimum absolute atomic E-state index is 0.0909. The summed E-state index contributed by atoms with van der Waals surface area (Å²) in [7, 11) is 1.85. The van der Waals surface area contributed by atoms with Gasteiger partial charge in [-0.25, -0.2) is 0 Å². The van der Waals surface area contributed by atoms with E-state index in [1.54, 1.807) is 4.90 Å². The Hall–Kier alpha value is -1.35. The van der Waals surface area contributed by atoms with Crippen molar-refractivity contribution in [3.05, 3.63) is 29.3 Å². The second-order valence-electron chi connectivity index (χ2n) is 5.63. The Labute approximate surface area is 115 Å². The average molecular weight is 260 g/mol. The number of nitrogens with zero attached hydrogens (tertiary/aromatic N) is 1. The zero-order valence-electron chi connectivity index (χ0n) is 12.1. The summed E-state index contributed by atoms with van der Waals surface area (Å²) in [4.78, 5) is 13.4. The zero-order valence-corrected chi connectivity index (χ0v) is 12.1. The van der Waals surface area contributed by atoms with Crippen molar-refractivity contribution in [1.29, 1.82) is 0 Å². The lowest BCUT2D eigenvalue weighted by atomic mass is 9.89. The number of aryl methyl sites for hydroxylation is 1. The molecule has 1 heterocycles. The van der Waals surface area contributed by atoms with Crippen molar-refractivity contribution in [1.82, 2.24) is 0 Å². The molecule has 19 heavy (non-hydrogen) atoms. The lowest BCUT2D eigenvalue weighted by Gasteiger charge is -2.28. The summed E-state index contributed by atoms with van der Waals surface area (Å²) in [5, 5.41) is 0. The molecular formula is C16H24N2O. The summed E-state index contributed by atoms with van der Waals surface area (Å²) in [6.07, 6.45) is 3.75. The SMILES string of the molecule is CCCC(C)C(N)c1ccc2c(c1)CCC(=O)N2C. The number of benzene rings is 1. The molecule has 2 N–H and O–H groups in total. The Kier molecular flexibility index (Phi) is 4.25. The number of amides is 1. The molecule has 1 aliphatic rings. The molecule has 0 radical (unpaired) electrons. The van der Waals surface area contributed by atoms with E-state index < -0.39 is 0 Å². The first-order valence-electron chi connectivity index (χ1n) is 7.19. The third-order valence-electron chi connectivity index (χ3n) is 4.19. The van der Waals surface area contributed by atoms with Gasteiger partial charge in [0.15, 0.2) is 0 Å². The number of carbonyl (C=O) groups excluding carboxylic acids is 1. The topological polar surface area (TPSA) is 46.3 Å². The zero-order chi connectivity index (χ0) is 14.0. The van der Waals surface area contributed by atoms with Crippen molar-refractivity contribution in [2.24, 2.45) is 11.7 Å². The Morgan fingerprint density at radius 3 is 2.79 bits per heavy atom. The van der Waals surface area contributed by atoms with Gasteiger partial charge in [0.2, 0.25) is 5.91 Å². The van der Waals surface area contributed by atoms with Gasteiger partial charge in [0.1, 0.15) is 0 Å². The van der Waals surface area contributed by atoms with Crippen molar-refractivity contribution in [2.75, 3.05) is 11.9 Å². The van der Waals surface area contributed by atoms with Crippen LogP contribution in [0.2, 0.25) is 0 Å². The first kappa shape index (κ1) is 14.1. The Bertz CT molecular complexity index is 470. The number of nitrogens with two attached hydrogens (primary N) is 1. The van der Waals surface area contributed by atoms with Crippen LogP contribution in [0, 0.1) is 5.92 Å². The van der Waals surface area contributed by atoms with Crippen LogP contribution in [0.1, 0.15) is 50.3 Å². The van der Waals surface area contributed by atoms with E-state index in [0.29, 0.717) is 12.3 Å². The Morgan fingerprint density at radius 1 is 1.37 bits per heavy atom. The summed E-state index contributed by atoms with van der Waals surface area (Å²) in [6.45, 7) is 4.40. The molecule has 1 amide bonds. The highest BCUT2D eigenvalue weighted by Gasteiger charge is 2.22. The average Bonchev–Trinajstić information content (AvgIpc) is 2.42. The van der Waals surface area contributed by atoms with Crippen molar-refractivity contribution in [3.63, 3.8) is 0 Å². The standard InChI is InChI=1S/C16H24N2O/c1-4-5-11(2)16(17)13-6-8-14-12(10-13)7-9-15(19)18(14)3/h6,8,10-11,16H,4-5,7,9,17H2,1-3H3. The third-order valence-corrected chi connectivity index (χ3v) is 4.19. The Balaban J connectivity index is 2.24. The molecule has 3 nitrogen and oxygen atoms in total. The van der Waals surface area contributed by atoms with Crippen LogP contribution in [0.15, 0.2) is 18.2 Å². The molecule has 1 aromatic rings. The van der Waals surface area contributed by atoms with Crippen molar-refractivity contribution < 1.29 is 4.79 Å². The molecule has 2 rings (SSSR count). The fourth-order valence-electron chi connectivity index (χ4n) is 2.85. The van der Waals surface area contributed by atoms with Gasteiger partial charge in [-0.2, -0.15) is 0 Å². The van der Waals surface area contributed by atoms with Crippen molar-refractivity contribution in [3.8, 4) is 0 Å². The maximum Gasteiger partial charge on any atom is 0.227 e. The molecule has 0 aliphatic carbocycles. The molecule has 104 valence electrons. The normalized spacial score (nSPS) is 18.1. The number of anilines is 1. The van der Waals surface area contributed by atoms with Crippen LogP contribution in [0.25, 0.3) is 0 Å². The Morgan fingerprint density at radius 2 is 2.11 bits per heavy atom. The van der Waals surface area contributed by atoms with Gasteiger partial charge < -0.3 is 10.6 Å². The van der Waals surface area contributed by atoms with Gasteiger partial charge >= 0.3 is 0 Å². The van der Waals surface area contributed by atoms with Crippen LogP contribution in [0.3, 0.4) is 0 Å². The van der Waals surface area contributed by atoms with Crippen molar-refractivity contribution >= 4 is 11.6 Å². The lowest BCUT2D eigenvalue weighted by molar-refractivity contribution is -0.118. The summed E-state index contributed by atoms with van der Waals surface area (Å²) in [5.74, 6) is 0.690. The summed E-state index contributed by atoms with van der Waals surface area (Å²) in [6, 6.07) is 6.40. The fourth-order valence-corrected chi connectivity index (χ4v) is 2.85. The number of carbonyl (C=O) groups is 1. The van der Waals surface area contributed by atoms with E-state index >= 15 is 0 Å². The summed E-state index contributed by atoms with van der Waals surface area (Å²) < 4.78 is 0. The van der Waals surface area contributed by atoms with Crippen molar-refractivity contribution in [2.45, 2.75) is 45.6 Å². The summed E-state index contributed by atoms with van der Waals surface area (Å²) in [5.41, 5.74) is 9.82. The number of fused-ring (bicyclic) bond motifs is 1. The number of hydrogen-bond donors (Lipinski definition) is 1.